The summed E-state index contributed by atoms with van der Waals surface area (Å²) < 4.78 is 5.75. The molecule has 0 bridgehead atoms. The van der Waals surface area contributed by atoms with E-state index in [2.05, 4.69) is 13.5 Å². The molecule has 0 aromatic heterocycles. The zero-order valence-electron chi connectivity index (χ0n) is 16.1. The lowest BCUT2D eigenvalue weighted by atomic mass is 9.92. The zero-order chi connectivity index (χ0) is 19.5. The summed E-state index contributed by atoms with van der Waals surface area (Å²) >= 11 is 0. The molecular formula is C24H30O3. The van der Waals surface area contributed by atoms with Gasteiger partial charge in [0, 0.05) is 11.1 Å². The van der Waals surface area contributed by atoms with Crippen molar-refractivity contribution in [1.82, 2.24) is 0 Å². The van der Waals surface area contributed by atoms with Crippen LogP contribution in [0.4, 0.5) is 0 Å². The Hall–Kier alpha value is -2.39. The van der Waals surface area contributed by atoms with Crippen LogP contribution in [0.15, 0.2) is 67.3 Å². The number of hydrogen-bond donors (Lipinski definition) is 1. The molecule has 0 aliphatic rings. The molecule has 0 heterocycles. The van der Waals surface area contributed by atoms with Crippen LogP contribution >= 0.6 is 0 Å². The van der Waals surface area contributed by atoms with Crippen molar-refractivity contribution in [3.8, 4) is 5.75 Å². The summed E-state index contributed by atoms with van der Waals surface area (Å²) in [6, 6.07) is 16.3. The van der Waals surface area contributed by atoms with E-state index in [4.69, 9.17) is 4.74 Å². The maximum atomic E-state index is 12.4. The molecule has 2 aromatic carbocycles. The van der Waals surface area contributed by atoms with Crippen LogP contribution in [-0.2, 0) is 0 Å². The van der Waals surface area contributed by atoms with Crippen LogP contribution < -0.4 is 4.74 Å². The standard InChI is InChI=1S/C24H30O3/c1-3-5-7-11-19(10-4-2)23(25)18-27-22-16-14-21(15-17-22)24(26)20-12-8-6-9-13-20/h4,6,8-9,12-17,19,23,25H,2-3,5,7,10-11,18H2,1H3. The van der Waals surface area contributed by atoms with Crippen LogP contribution in [-0.4, -0.2) is 23.6 Å². The van der Waals surface area contributed by atoms with Crippen molar-refractivity contribution in [3.63, 3.8) is 0 Å². The molecule has 0 spiro atoms. The Morgan fingerprint density at radius 3 is 2.37 bits per heavy atom. The van der Waals surface area contributed by atoms with Crippen LogP contribution in [0.25, 0.3) is 0 Å². The molecule has 1 N–H and O–H groups in total. The van der Waals surface area contributed by atoms with Gasteiger partial charge in [-0.15, -0.1) is 6.58 Å². The molecule has 2 aromatic rings. The van der Waals surface area contributed by atoms with Gasteiger partial charge in [0.1, 0.15) is 12.4 Å². The molecule has 0 amide bonds. The third-order valence-corrected chi connectivity index (χ3v) is 4.77. The van der Waals surface area contributed by atoms with Gasteiger partial charge in [-0.3, -0.25) is 4.79 Å². The van der Waals surface area contributed by atoms with Crippen LogP contribution in [0, 0.1) is 5.92 Å². The molecule has 144 valence electrons. The van der Waals surface area contributed by atoms with E-state index in [1.54, 1.807) is 36.4 Å². The number of hydrogen-bond acceptors (Lipinski definition) is 3. The highest BCUT2D eigenvalue weighted by molar-refractivity contribution is 6.08. The summed E-state index contributed by atoms with van der Waals surface area (Å²) in [4.78, 5) is 12.4. The van der Waals surface area contributed by atoms with Crippen LogP contribution in [0.1, 0.15) is 54.9 Å². The van der Waals surface area contributed by atoms with E-state index in [1.807, 2.05) is 24.3 Å². The Morgan fingerprint density at radius 2 is 1.74 bits per heavy atom. The van der Waals surface area contributed by atoms with Crippen LogP contribution in [0.2, 0.25) is 0 Å². The Balaban J connectivity index is 1.89. The summed E-state index contributed by atoms with van der Waals surface area (Å²) in [6.07, 6.45) is 6.57. The van der Waals surface area contributed by atoms with Gasteiger partial charge in [0.05, 0.1) is 6.10 Å². The van der Waals surface area contributed by atoms with E-state index in [1.165, 1.54) is 12.8 Å². The Labute approximate surface area is 162 Å². The SMILES string of the molecule is C=CCC(CCCCC)C(O)COc1ccc(C(=O)c2ccccc2)cc1. The van der Waals surface area contributed by atoms with Gasteiger partial charge in [0.25, 0.3) is 0 Å². The van der Waals surface area contributed by atoms with Crippen molar-refractivity contribution in [2.24, 2.45) is 5.92 Å². The van der Waals surface area contributed by atoms with E-state index in [-0.39, 0.29) is 18.3 Å². The number of aliphatic hydroxyl groups excluding tert-OH is 1. The van der Waals surface area contributed by atoms with Crippen molar-refractivity contribution < 1.29 is 14.6 Å². The smallest absolute Gasteiger partial charge is 0.193 e. The molecule has 2 rings (SSSR count). The minimum absolute atomic E-state index is 0.0100. The third kappa shape index (κ3) is 6.69. The van der Waals surface area contributed by atoms with Gasteiger partial charge in [-0.25, -0.2) is 0 Å². The predicted octanol–water partition coefficient (Wildman–Crippen LogP) is 5.43. The van der Waals surface area contributed by atoms with Crippen molar-refractivity contribution in [3.05, 3.63) is 78.4 Å². The topological polar surface area (TPSA) is 46.5 Å². The number of aliphatic hydroxyl groups is 1. The third-order valence-electron chi connectivity index (χ3n) is 4.77. The second-order valence-electron chi connectivity index (χ2n) is 6.88. The maximum absolute atomic E-state index is 12.4. The normalized spacial score (nSPS) is 13.0. The number of carbonyl (C=O) groups is 1. The number of allylic oxidation sites excluding steroid dienone is 1. The molecule has 0 aliphatic heterocycles. The maximum Gasteiger partial charge on any atom is 0.193 e. The molecule has 3 heteroatoms. The highest BCUT2D eigenvalue weighted by atomic mass is 16.5. The summed E-state index contributed by atoms with van der Waals surface area (Å²) in [5.74, 6) is 0.821. The molecule has 0 radical (unpaired) electrons. The monoisotopic (exact) mass is 366 g/mol. The molecule has 0 fully saturated rings. The number of ketones is 1. The van der Waals surface area contributed by atoms with E-state index >= 15 is 0 Å². The van der Waals surface area contributed by atoms with E-state index < -0.39 is 6.10 Å². The quantitative estimate of drug-likeness (QED) is 0.309. The van der Waals surface area contributed by atoms with Gasteiger partial charge in [0.2, 0.25) is 0 Å². The molecule has 3 nitrogen and oxygen atoms in total. The number of carbonyl (C=O) groups excluding carboxylic acids is 1. The van der Waals surface area contributed by atoms with Gasteiger partial charge < -0.3 is 9.84 Å². The Bertz CT molecular complexity index is 691. The summed E-state index contributed by atoms with van der Waals surface area (Å²) in [5, 5.41) is 10.5. The minimum atomic E-state index is -0.523. The summed E-state index contributed by atoms with van der Waals surface area (Å²) in [6.45, 7) is 6.22. The average Bonchev–Trinajstić information content (AvgIpc) is 2.72. The van der Waals surface area contributed by atoms with Crippen molar-refractivity contribution in [1.29, 1.82) is 0 Å². The van der Waals surface area contributed by atoms with E-state index in [0.717, 1.165) is 19.3 Å². The molecule has 0 saturated heterocycles. The average molecular weight is 367 g/mol. The van der Waals surface area contributed by atoms with Crippen molar-refractivity contribution in [2.75, 3.05) is 6.61 Å². The Morgan fingerprint density at radius 1 is 1.07 bits per heavy atom. The minimum Gasteiger partial charge on any atom is -0.491 e. The van der Waals surface area contributed by atoms with E-state index in [0.29, 0.717) is 16.9 Å². The first-order valence-electron chi connectivity index (χ1n) is 9.77. The number of ether oxygens (including phenoxy) is 1. The molecule has 0 aliphatic carbocycles. The number of unbranched alkanes of at least 4 members (excludes halogenated alkanes) is 2. The fourth-order valence-corrected chi connectivity index (χ4v) is 3.11. The van der Waals surface area contributed by atoms with Crippen LogP contribution in [0.3, 0.4) is 0 Å². The second kappa shape index (κ2) is 11.3. The highest BCUT2D eigenvalue weighted by Gasteiger charge is 2.18. The molecular weight excluding hydrogens is 336 g/mol. The fourth-order valence-electron chi connectivity index (χ4n) is 3.11. The van der Waals surface area contributed by atoms with Gasteiger partial charge in [-0.05, 0) is 43.0 Å². The first kappa shape index (κ1) is 20.9. The highest BCUT2D eigenvalue weighted by Crippen LogP contribution is 2.21. The predicted molar refractivity (Wildman–Crippen MR) is 110 cm³/mol. The first-order valence-corrected chi connectivity index (χ1v) is 9.77. The van der Waals surface area contributed by atoms with Crippen LogP contribution in [0.5, 0.6) is 5.75 Å². The summed E-state index contributed by atoms with van der Waals surface area (Å²) in [7, 11) is 0. The lowest BCUT2D eigenvalue weighted by molar-refractivity contribution is 0.0533. The van der Waals surface area contributed by atoms with Gasteiger partial charge in [-0.2, -0.15) is 0 Å². The van der Waals surface area contributed by atoms with E-state index in [9.17, 15) is 9.90 Å². The number of rotatable bonds is 12. The first-order chi connectivity index (χ1) is 13.2. The molecule has 0 saturated carbocycles. The molecule has 2 atom stereocenters. The zero-order valence-corrected chi connectivity index (χ0v) is 16.1. The Kier molecular flexibility index (Phi) is 8.79. The summed E-state index contributed by atoms with van der Waals surface area (Å²) in [5.41, 5.74) is 1.29. The van der Waals surface area contributed by atoms with Gasteiger partial charge in [-0.1, -0.05) is 62.6 Å². The lowest BCUT2D eigenvalue weighted by Crippen LogP contribution is -2.27. The van der Waals surface area contributed by atoms with Crippen molar-refractivity contribution in [2.45, 2.75) is 45.1 Å². The fraction of sp³-hybridized carbons (Fsp3) is 0.375. The number of benzene rings is 2. The van der Waals surface area contributed by atoms with Gasteiger partial charge >= 0.3 is 0 Å². The molecule has 2 unspecified atom stereocenters. The second-order valence-corrected chi connectivity index (χ2v) is 6.88. The lowest BCUT2D eigenvalue weighted by Gasteiger charge is -2.22. The molecule has 27 heavy (non-hydrogen) atoms. The van der Waals surface area contributed by atoms with Gasteiger partial charge in [0.15, 0.2) is 5.78 Å². The van der Waals surface area contributed by atoms with Crippen molar-refractivity contribution >= 4 is 5.78 Å². The largest absolute Gasteiger partial charge is 0.491 e.